The van der Waals surface area contributed by atoms with E-state index in [1.54, 1.807) is 6.21 Å². The lowest BCUT2D eigenvalue weighted by molar-refractivity contribution is -0.996. The van der Waals surface area contributed by atoms with Crippen molar-refractivity contribution in [3.05, 3.63) is 76.0 Å². The van der Waals surface area contributed by atoms with Gasteiger partial charge < -0.3 is 5.21 Å². The quantitative estimate of drug-likeness (QED) is 0.187. The Hall–Kier alpha value is -2.13. The molecule has 0 aliphatic carbocycles. The number of benzene rings is 2. The minimum atomic E-state index is 0.468. The van der Waals surface area contributed by atoms with Crippen molar-refractivity contribution >= 4 is 6.21 Å². The lowest BCUT2D eigenvalue weighted by Crippen LogP contribution is -2.50. The van der Waals surface area contributed by atoms with E-state index in [2.05, 4.69) is 64.1 Å². The van der Waals surface area contributed by atoms with Gasteiger partial charge in [0.05, 0.1) is 13.1 Å². The van der Waals surface area contributed by atoms with Gasteiger partial charge in [0, 0.05) is 11.1 Å². The van der Waals surface area contributed by atoms with Crippen molar-refractivity contribution in [2.75, 3.05) is 19.8 Å². The molecular formula is C21H29N2O+. The number of rotatable bonds is 7. The minimum absolute atomic E-state index is 0.468. The van der Waals surface area contributed by atoms with Crippen LogP contribution in [-0.4, -0.2) is 35.2 Å². The molecule has 24 heavy (non-hydrogen) atoms. The first kappa shape index (κ1) is 18.2. The Morgan fingerprint density at radius 2 is 1.50 bits per heavy atom. The molecule has 2 aromatic rings. The van der Waals surface area contributed by atoms with Gasteiger partial charge in [-0.2, -0.15) is 4.74 Å². The zero-order valence-corrected chi connectivity index (χ0v) is 15.3. The van der Waals surface area contributed by atoms with Crippen molar-refractivity contribution in [1.82, 2.24) is 0 Å². The van der Waals surface area contributed by atoms with Gasteiger partial charge in [-0.15, -0.1) is 0 Å². The number of hydrogen-bond acceptors (Lipinski definition) is 1. The van der Waals surface area contributed by atoms with Gasteiger partial charge in [0.25, 0.3) is 6.67 Å². The molecule has 2 rings (SSSR count). The summed E-state index contributed by atoms with van der Waals surface area (Å²) in [6.45, 7) is 11.7. The second kappa shape index (κ2) is 8.11. The largest absolute Gasteiger partial charge is 0.620 e. The van der Waals surface area contributed by atoms with Crippen LogP contribution in [0, 0.1) is 19.1 Å². The highest BCUT2D eigenvalue weighted by molar-refractivity contribution is 5.80. The third-order valence-corrected chi connectivity index (χ3v) is 4.96. The Labute approximate surface area is 146 Å². The summed E-state index contributed by atoms with van der Waals surface area (Å²) in [5, 5.41) is 12.7. The Kier molecular flexibility index (Phi) is 6.16. The molecule has 0 aromatic heterocycles. The fraction of sp³-hybridized carbons (Fsp3) is 0.381. The molecule has 0 bridgehead atoms. The molecule has 0 N–H and O–H groups in total. The summed E-state index contributed by atoms with van der Waals surface area (Å²) >= 11 is 0. The summed E-state index contributed by atoms with van der Waals surface area (Å²) in [6.07, 6.45) is 1.76. The van der Waals surface area contributed by atoms with Crippen molar-refractivity contribution < 1.29 is 9.22 Å². The highest BCUT2D eigenvalue weighted by Gasteiger charge is 2.27. The predicted octanol–water partition coefficient (Wildman–Crippen LogP) is 4.25. The van der Waals surface area contributed by atoms with E-state index in [4.69, 9.17) is 0 Å². The summed E-state index contributed by atoms with van der Waals surface area (Å²) in [5.74, 6) is 0. The SMILES string of the molecule is CC[N+](CC)(Cc1ccccc1)C/[N+]([O-])=C/c1c(C)cccc1C. The van der Waals surface area contributed by atoms with Crippen molar-refractivity contribution in [3.63, 3.8) is 0 Å². The molecule has 0 atom stereocenters. The van der Waals surface area contributed by atoms with Crippen molar-refractivity contribution in [3.8, 4) is 0 Å². The molecule has 2 aromatic carbocycles. The molecule has 0 aliphatic rings. The number of quaternary nitrogens is 1. The number of hydroxylamine groups is 1. The topological polar surface area (TPSA) is 26.1 Å². The maximum Gasteiger partial charge on any atom is 0.281 e. The van der Waals surface area contributed by atoms with E-state index in [1.165, 1.54) is 5.56 Å². The van der Waals surface area contributed by atoms with E-state index >= 15 is 0 Å². The smallest absolute Gasteiger partial charge is 0.281 e. The van der Waals surface area contributed by atoms with E-state index in [9.17, 15) is 5.21 Å². The second-order valence-corrected chi connectivity index (χ2v) is 6.61. The molecular weight excluding hydrogens is 296 g/mol. The van der Waals surface area contributed by atoms with Gasteiger partial charge in [0.15, 0.2) is 6.21 Å². The molecule has 0 unspecified atom stereocenters. The lowest BCUT2D eigenvalue weighted by Gasteiger charge is -2.34. The zero-order valence-electron chi connectivity index (χ0n) is 15.3. The minimum Gasteiger partial charge on any atom is -0.620 e. The summed E-state index contributed by atoms with van der Waals surface area (Å²) < 4.78 is 1.88. The lowest BCUT2D eigenvalue weighted by atomic mass is 10.0. The Bertz CT molecular complexity index is 668. The Morgan fingerprint density at radius 1 is 0.917 bits per heavy atom. The van der Waals surface area contributed by atoms with Crippen LogP contribution in [0.15, 0.2) is 48.5 Å². The highest BCUT2D eigenvalue weighted by atomic mass is 16.5. The van der Waals surface area contributed by atoms with Crippen LogP contribution < -0.4 is 0 Å². The van der Waals surface area contributed by atoms with Crippen LogP contribution in [-0.2, 0) is 6.54 Å². The van der Waals surface area contributed by atoms with Crippen molar-refractivity contribution in [2.45, 2.75) is 34.2 Å². The van der Waals surface area contributed by atoms with Crippen LogP contribution in [0.25, 0.3) is 0 Å². The highest BCUT2D eigenvalue weighted by Crippen LogP contribution is 2.15. The van der Waals surface area contributed by atoms with Crippen LogP contribution in [0.1, 0.15) is 36.1 Å². The Morgan fingerprint density at radius 3 is 2.04 bits per heavy atom. The summed E-state index contributed by atoms with van der Waals surface area (Å²) in [5.41, 5.74) is 4.61. The van der Waals surface area contributed by atoms with E-state index in [1.807, 2.05) is 12.1 Å². The summed E-state index contributed by atoms with van der Waals surface area (Å²) in [7, 11) is 0. The maximum atomic E-state index is 12.7. The first-order valence-electron chi connectivity index (χ1n) is 8.73. The molecule has 3 heteroatoms. The van der Waals surface area contributed by atoms with Gasteiger partial charge in [0.2, 0.25) is 0 Å². The predicted molar refractivity (Wildman–Crippen MR) is 101 cm³/mol. The standard InChI is InChI=1S/C21H29N2O/c1-5-23(6-2,16-20-13-8-7-9-14-20)17-22(24)15-21-18(3)11-10-12-19(21)4/h7-15H,5-6,16-17H2,1-4H3/q+1/b22-15-. The van der Waals surface area contributed by atoms with Crippen LogP contribution in [0.4, 0.5) is 0 Å². The van der Waals surface area contributed by atoms with Gasteiger partial charge in [0.1, 0.15) is 6.54 Å². The average Bonchev–Trinajstić information content (AvgIpc) is 2.58. The first-order chi connectivity index (χ1) is 11.5. The van der Waals surface area contributed by atoms with Crippen molar-refractivity contribution in [1.29, 1.82) is 0 Å². The van der Waals surface area contributed by atoms with Gasteiger partial charge >= 0.3 is 0 Å². The van der Waals surface area contributed by atoms with Crippen LogP contribution in [0.2, 0.25) is 0 Å². The monoisotopic (exact) mass is 325 g/mol. The van der Waals surface area contributed by atoms with E-state index < -0.39 is 0 Å². The molecule has 128 valence electrons. The summed E-state index contributed by atoms with van der Waals surface area (Å²) in [4.78, 5) is 0. The number of nitrogens with zero attached hydrogens (tertiary/aromatic N) is 2. The van der Waals surface area contributed by atoms with Gasteiger partial charge in [-0.3, -0.25) is 4.48 Å². The molecule has 0 aliphatic heterocycles. The molecule has 0 amide bonds. The van der Waals surface area contributed by atoms with Crippen LogP contribution >= 0.6 is 0 Å². The zero-order chi connectivity index (χ0) is 17.6. The van der Waals surface area contributed by atoms with Gasteiger partial charge in [-0.25, -0.2) is 0 Å². The Balaban J connectivity index is 2.25. The first-order valence-corrected chi connectivity index (χ1v) is 8.73. The van der Waals surface area contributed by atoms with E-state index in [-0.39, 0.29) is 0 Å². The van der Waals surface area contributed by atoms with Gasteiger partial charge in [-0.05, 0) is 38.8 Å². The average molecular weight is 325 g/mol. The molecule has 0 saturated carbocycles. The van der Waals surface area contributed by atoms with Gasteiger partial charge in [-0.1, -0.05) is 48.5 Å². The van der Waals surface area contributed by atoms with Crippen LogP contribution in [0.5, 0.6) is 0 Å². The second-order valence-electron chi connectivity index (χ2n) is 6.61. The molecule has 0 heterocycles. The van der Waals surface area contributed by atoms with E-state index in [0.29, 0.717) is 6.67 Å². The number of hydrogen-bond donors (Lipinski definition) is 0. The third kappa shape index (κ3) is 4.45. The normalized spacial score (nSPS) is 12.4. The van der Waals surface area contributed by atoms with Crippen molar-refractivity contribution in [2.24, 2.45) is 0 Å². The fourth-order valence-electron chi connectivity index (χ4n) is 3.18. The molecule has 0 spiro atoms. The molecule has 0 radical (unpaired) electrons. The van der Waals surface area contributed by atoms with Crippen LogP contribution in [0.3, 0.4) is 0 Å². The maximum absolute atomic E-state index is 12.7. The molecule has 0 saturated heterocycles. The molecule has 0 fully saturated rings. The third-order valence-electron chi connectivity index (χ3n) is 4.96. The van der Waals surface area contributed by atoms with E-state index in [0.717, 1.165) is 45.5 Å². The fourth-order valence-corrected chi connectivity index (χ4v) is 3.18. The number of aryl methyl sites for hydroxylation is 2. The molecule has 3 nitrogen and oxygen atoms in total. The summed E-state index contributed by atoms with van der Waals surface area (Å²) in [6, 6.07) is 16.6.